The molecule has 1 amide bonds. The predicted octanol–water partition coefficient (Wildman–Crippen LogP) is 4.77. The first-order chi connectivity index (χ1) is 22.0. The highest BCUT2D eigenvalue weighted by Crippen LogP contribution is 2.37. The number of likely N-dealkylation sites (tertiary alicyclic amines) is 1. The number of ether oxygens (including phenoxy) is 4. The summed E-state index contributed by atoms with van der Waals surface area (Å²) in [6.07, 6.45) is 2.91. The topological polar surface area (TPSA) is 126 Å². The molecule has 46 heavy (non-hydrogen) atoms. The molecule has 2 fully saturated rings. The van der Waals surface area contributed by atoms with Crippen molar-refractivity contribution in [1.82, 2.24) is 24.8 Å². The zero-order chi connectivity index (χ0) is 33.0. The molecule has 4 heterocycles. The van der Waals surface area contributed by atoms with E-state index in [1.165, 1.54) is 31.5 Å². The number of methoxy groups -OCH3 is 1. The number of nitriles is 1. The number of piperazine rings is 1. The number of rotatable bonds is 9. The highest BCUT2D eigenvalue weighted by atomic mass is 19.1. The lowest BCUT2D eigenvalue weighted by molar-refractivity contribution is 0.0145. The normalized spacial score (nSPS) is 18.9. The number of nitrogens with zero attached hydrogens (tertiary/aromatic N) is 7. The number of halogens is 2. The zero-order valence-electron chi connectivity index (χ0n) is 26.8. The van der Waals surface area contributed by atoms with Gasteiger partial charge in [0.05, 0.1) is 29.5 Å². The van der Waals surface area contributed by atoms with E-state index >= 15 is 8.78 Å². The van der Waals surface area contributed by atoms with Crippen molar-refractivity contribution in [3.8, 4) is 29.1 Å². The van der Waals surface area contributed by atoms with E-state index < -0.39 is 29.4 Å². The standard InChI is InChI=1S/C32H39F2N7O5/c1-32(2,3)46-31(42)41-15-14-40(17-20(41)11-12-35)29-22-16-36-28(25-23(33)9-6-10-24(25)45-19-43-5)26(34)27(22)37-30(38-29)44-18-21-8-7-13-39(21)4/h6,9-10,16,20-21H,7-8,11,13-15,17-19H2,1-5H3/t20-,21-/m0/s1. The number of likely N-dealkylation sites (N-methyl/N-ethyl adjacent to an activating group) is 1. The van der Waals surface area contributed by atoms with E-state index in [1.807, 2.05) is 11.9 Å². The number of aromatic nitrogens is 3. The van der Waals surface area contributed by atoms with Crippen molar-refractivity contribution >= 4 is 22.8 Å². The first kappa shape index (κ1) is 33.0. The second-order valence-corrected chi connectivity index (χ2v) is 12.4. The quantitative estimate of drug-likeness (QED) is 0.301. The Kier molecular flexibility index (Phi) is 10.0. The van der Waals surface area contributed by atoms with Crippen molar-refractivity contribution < 1.29 is 32.5 Å². The summed E-state index contributed by atoms with van der Waals surface area (Å²) in [6.45, 7) is 7.17. The van der Waals surface area contributed by atoms with Gasteiger partial charge in [0.1, 0.15) is 40.8 Å². The van der Waals surface area contributed by atoms with Crippen molar-refractivity contribution in [2.75, 3.05) is 58.6 Å². The van der Waals surface area contributed by atoms with Crippen LogP contribution in [0, 0.1) is 23.0 Å². The smallest absolute Gasteiger partial charge is 0.410 e. The molecule has 2 saturated heterocycles. The number of anilines is 1. The Bertz CT molecular complexity index is 1610. The van der Waals surface area contributed by atoms with E-state index in [9.17, 15) is 10.1 Å². The lowest BCUT2D eigenvalue weighted by Gasteiger charge is -2.41. The average Bonchev–Trinajstić information content (AvgIpc) is 3.43. The highest BCUT2D eigenvalue weighted by molar-refractivity contribution is 5.92. The molecule has 0 spiro atoms. The number of carbonyl (C=O) groups excluding carboxylic acids is 1. The largest absolute Gasteiger partial charge is 0.467 e. The minimum atomic E-state index is -0.877. The monoisotopic (exact) mass is 639 g/mol. The van der Waals surface area contributed by atoms with Crippen LogP contribution in [-0.4, -0.2) is 102 Å². The molecule has 0 bridgehead atoms. The van der Waals surface area contributed by atoms with Gasteiger partial charge in [-0.3, -0.25) is 4.98 Å². The van der Waals surface area contributed by atoms with Crippen LogP contribution in [-0.2, 0) is 9.47 Å². The Hall–Kier alpha value is -4.35. The third kappa shape index (κ3) is 7.21. The number of carbonyl (C=O) groups is 1. The Morgan fingerprint density at radius 2 is 1.93 bits per heavy atom. The maximum absolute atomic E-state index is 16.5. The molecule has 2 aromatic heterocycles. The van der Waals surface area contributed by atoms with Crippen LogP contribution in [0.4, 0.5) is 19.4 Å². The summed E-state index contributed by atoms with van der Waals surface area (Å²) in [5, 5.41) is 9.85. The fourth-order valence-electron chi connectivity index (χ4n) is 5.73. The molecule has 2 aliphatic rings. The van der Waals surface area contributed by atoms with Crippen LogP contribution < -0.4 is 14.4 Å². The minimum Gasteiger partial charge on any atom is -0.467 e. The summed E-state index contributed by atoms with van der Waals surface area (Å²) in [6, 6.07) is 5.88. The molecule has 2 atom stereocenters. The number of amides is 1. The fourth-order valence-corrected chi connectivity index (χ4v) is 5.73. The Balaban J connectivity index is 1.56. The van der Waals surface area contributed by atoms with Crippen molar-refractivity contribution in [3.63, 3.8) is 0 Å². The van der Waals surface area contributed by atoms with E-state index in [0.717, 1.165) is 19.4 Å². The average molecular weight is 640 g/mol. The number of pyridine rings is 1. The fraction of sp³-hybridized carbons (Fsp3) is 0.531. The van der Waals surface area contributed by atoms with Gasteiger partial charge in [-0.1, -0.05) is 6.07 Å². The van der Waals surface area contributed by atoms with E-state index in [2.05, 4.69) is 25.9 Å². The Labute approximate surface area is 266 Å². The third-order valence-corrected chi connectivity index (χ3v) is 8.00. The lowest BCUT2D eigenvalue weighted by Crippen LogP contribution is -2.56. The second-order valence-electron chi connectivity index (χ2n) is 12.4. The first-order valence-electron chi connectivity index (χ1n) is 15.2. The minimum absolute atomic E-state index is 0.0461. The van der Waals surface area contributed by atoms with Gasteiger partial charge in [-0.2, -0.15) is 15.2 Å². The van der Waals surface area contributed by atoms with Gasteiger partial charge in [0.25, 0.3) is 0 Å². The molecule has 14 heteroatoms. The van der Waals surface area contributed by atoms with Crippen LogP contribution in [0.2, 0.25) is 0 Å². The maximum Gasteiger partial charge on any atom is 0.410 e. The van der Waals surface area contributed by atoms with E-state index in [-0.39, 0.29) is 66.3 Å². The first-order valence-corrected chi connectivity index (χ1v) is 15.2. The van der Waals surface area contributed by atoms with Gasteiger partial charge in [-0.15, -0.1) is 0 Å². The molecule has 3 aromatic rings. The molecule has 246 valence electrons. The molecule has 0 aliphatic carbocycles. The summed E-state index contributed by atoms with van der Waals surface area (Å²) in [7, 11) is 3.44. The molecule has 0 radical (unpaired) electrons. The summed E-state index contributed by atoms with van der Waals surface area (Å²) in [5.41, 5.74) is -1.28. The molecule has 2 aliphatic heterocycles. The zero-order valence-corrected chi connectivity index (χ0v) is 26.8. The second kappa shape index (κ2) is 14.0. The van der Waals surface area contributed by atoms with Gasteiger partial charge in [0.2, 0.25) is 0 Å². The van der Waals surface area contributed by atoms with Gasteiger partial charge in [0, 0.05) is 39.0 Å². The maximum atomic E-state index is 16.5. The van der Waals surface area contributed by atoms with Gasteiger partial charge in [0.15, 0.2) is 12.6 Å². The molecule has 1 aromatic carbocycles. The molecule has 12 nitrogen and oxygen atoms in total. The van der Waals surface area contributed by atoms with Gasteiger partial charge >= 0.3 is 12.1 Å². The summed E-state index contributed by atoms with van der Waals surface area (Å²) in [4.78, 5) is 32.0. The van der Waals surface area contributed by atoms with Gasteiger partial charge < -0.3 is 33.6 Å². The van der Waals surface area contributed by atoms with Crippen LogP contribution in [0.3, 0.4) is 0 Å². The number of benzene rings is 1. The molecule has 5 rings (SSSR count). The Morgan fingerprint density at radius 1 is 1.13 bits per heavy atom. The molecular weight excluding hydrogens is 600 g/mol. The lowest BCUT2D eigenvalue weighted by atomic mass is 10.1. The molecule has 0 saturated carbocycles. The summed E-state index contributed by atoms with van der Waals surface area (Å²) in [5.74, 6) is -1.22. The van der Waals surface area contributed by atoms with Crippen molar-refractivity contribution in [1.29, 1.82) is 5.26 Å². The number of hydrogen-bond acceptors (Lipinski definition) is 11. The van der Waals surface area contributed by atoms with Crippen LogP contribution in [0.25, 0.3) is 22.2 Å². The highest BCUT2D eigenvalue weighted by Gasteiger charge is 2.35. The van der Waals surface area contributed by atoms with Gasteiger partial charge in [-0.25, -0.2) is 13.6 Å². The van der Waals surface area contributed by atoms with Crippen molar-refractivity contribution in [2.24, 2.45) is 0 Å². The Morgan fingerprint density at radius 3 is 2.63 bits per heavy atom. The van der Waals surface area contributed by atoms with Crippen LogP contribution >= 0.6 is 0 Å². The molecule has 0 N–H and O–H groups in total. The van der Waals surface area contributed by atoms with Crippen molar-refractivity contribution in [3.05, 3.63) is 36.0 Å². The van der Waals surface area contributed by atoms with E-state index in [4.69, 9.17) is 18.9 Å². The van der Waals surface area contributed by atoms with Crippen LogP contribution in [0.1, 0.15) is 40.0 Å². The van der Waals surface area contributed by atoms with Crippen molar-refractivity contribution in [2.45, 2.75) is 57.7 Å². The molecule has 0 unspecified atom stereocenters. The SMILES string of the molecule is COCOc1cccc(F)c1-c1ncc2c(N3CCN(C(=O)OC(C)(C)C)[C@@H](CC#N)C3)nc(OC[C@@H]3CCCN3C)nc2c1F. The van der Waals surface area contributed by atoms with Crippen LogP contribution in [0.15, 0.2) is 24.4 Å². The summed E-state index contributed by atoms with van der Waals surface area (Å²) < 4.78 is 53.8. The number of hydrogen-bond donors (Lipinski definition) is 0. The van der Waals surface area contributed by atoms with Gasteiger partial charge in [-0.05, 0) is 59.3 Å². The predicted molar refractivity (Wildman–Crippen MR) is 166 cm³/mol. The third-order valence-electron chi connectivity index (χ3n) is 8.00. The van der Waals surface area contributed by atoms with Crippen LogP contribution in [0.5, 0.6) is 11.8 Å². The van der Waals surface area contributed by atoms with E-state index in [0.29, 0.717) is 19.0 Å². The van der Waals surface area contributed by atoms with E-state index in [1.54, 1.807) is 25.7 Å². The number of fused-ring (bicyclic) bond motifs is 1. The molecular formula is C32H39F2N7O5. The summed E-state index contributed by atoms with van der Waals surface area (Å²) >= 11 is 0.